The van der Waals surface area contributed by atoms with E-state index >= 15 is 0 Å². The molecule has 8 rings (SSSR count). The van der Waals surface area contributed by atoms with E-state index in [0.29, 0.717) is 52.6 Å². The highest BCUT2D eigenvalue weighted by Crippen LogP contribution is 2.76. The molecule has 0 unspecified atom stereocenters. The SMILES string of the molecule is C=C(C)[C@@H]1CC[C@]2(NCCN3C[C@@H]4C[C@@H]3CO4)CC[C@]3(C)[C@H](CC[C@@H]4[C@@]5(C)CC=C(C6=CC[C@H](C(=O)O)CC6)C(C)(C)[C@@H]5CC[C@]43C)[C@@H]12. The Morgan fingerprint density at radius 1 is 1.00 bits per heavy atom. The number of hydrogen-bond acceptors (Lipinski definition) is 4. The molecule has 0 aromatic heterocycles. The number of aliphatic carboxylic acids is 1. The first kappa shape index (κ1) is 33.7. The second-order valence-electron chi connectivity index (χ2n) is 19.7. The smallest absolute Gasteiger partial charge is 0.306 e. The summed E-state index contributed by atoms with van der Waals surface area (Å²) in [4.78, 5) is 14.4. The molecule has 8 aliphatic rings. The fourth-order valence-electron chi connectivity index (χ4n) is 15.1. The van der Waals surface area contributed by atoms with Gasteiger partial charge in [-0.15, -0.1) is 0 Å². The molecule has 48 heavy (non-hydrogen) atoms. The molecule has 0 radical (unpaired) electrons. The van der Waals surface area contributed by atoms with Crippen molar-refractivity contribution in [3.8, 4) is 0 Å². The first-order valence-corrected chi connectivity index (χ1v) is 20.1. The van der Waals surface area contributed by atoms with Crippen LogP contribution in [-0.4, -0.2) is 59.9 Å². The zero-order chi connectivity index (χ0) is 33.9. The van der Waals surface area contributed by atoms with Crippen LogP contribution in [0.25, 0.3) is 0 Å². The van der Waals surface area contributed by atoms with E-state index in [1.807, 2.05) is 0 Å². The second kappa shape index (κ2) is 11.5. The quantitative estimate of drug-likeness (QED) is 0.268. The average molecular weight is 659 g/mol. The van der Waals surface area contributed by atoms with Gasteiger partial charge in [0.25, 0.3) is 0 Å². The van der Waals surface area contributed by atoms with Gasteiger partial charge in [0.05, 0.1) is 18.6 Å². The van der Waals surface area contributed by atoms with Gasteiger partial charge in [-0.25, -0.2) is 0 Å². The number of carbonyl (C=O) groups is 1. The predicted octanol–water partition coefficient (Wildman–Crippen LogP) is 8.81. The van der Waals surface area contributed by atoms with Crippen LogP contribution in [0.15, 0.2) is 35.5 Å². The van der Waals surface area contributed by atoms with E-state index in [4.69, 9.17) is 4.74 Å². The van der Waals surface area contributed by atoms with E-state index in [-0.39, 0.29) is 16.9 Å². The van der Waals surface area contributed by atoms with Gasteiger partial charge in [0.1, 0.15) is 0 Å². The van der Waals surface area contributed by atoms with Crippen molar-refractivity contribution in [1.82, 2.24) is 10.2 Å². The molecule has 2 heterocycles. The van der Waals surface area contributed by atoms with E-state index in [9.17, 15) is 9.90 Å². The summed E-state index contributed by atoms with van der Waals surface area (Å²) in [6.45, 7) is 24.6. The normalized spacial score (nSPS) is 49.3. The molecule has 266 valence electrons. The van der Waals surface area contributed by atoms with Crippen LogP contribution in [0.2, 0.25) is 0 Å². The molecule has 2 N–H and O–H groups in total. The average Bonchev–Trinajstić information content (AvgIpc) is 3.76. The van der Waals surface area contributed by atoms with Crippen molar-refractivity contribution in [2.45, 2.75) is 143 Å². The Balaban J connectivity index is 1.05. The monoisotopic (exact) mass is 659 g/mol. The number of fused-ring (bicyclic) bond motifs is 9. The van der Waals surface area contributed by atoms with Gasteiger partial charge in [-0.2, -0.15) is 0 Å². The van der Waals surface area contributed by atoms with Crippen molar-refractivity contribution in [2.75, 3.05) is 26.2 Å². The van der Waals surface area contributed by atoms with E-state index in [1.165, 1.54) is 81.9 Å². The molecule has 12 atom stereocenters. The van der Waals surface area contributed by atoms with Crippen LogP contribution in [0.5, 0.6) is 0 Å². The summed E-state index contributed by atoms with van der Waals surface area (Å²) < 4.78 is 5.91. The van der Waals surface area contributed by atoms with Gasteiger partial charge < -0.3 is 15.2 Å². The van der Waals surface area contributed by atoms with Crippen molar-refractivity contribution in [1.29, 1.82) is 0 Å². The van der Waals surface area contributed by atoms with E-state index in [2.05, 4.69) is 70.5 Å². The van der Waals surface area contributed by atoms with E-state index < -0.39 is 5.97 Å². The summed E-state index contributed by atoms with van der Waals surface area (Å²) in [6.07, 6.45) is 21.0. The zero-order valence-corrected chi connectivity index (χ0v) is 31.2. The van der Waals surface area contributed by atoms with Crippen LogP contribution in [0.4, 0.5) is 0 Å². The van der Waals surface area contributed by atoms with Crippen molar-refractivity contribution >= 4 is 5.97 Å². The second-order valence-corrected chi connectivity index (χ2v) is 19.7. The molecule has 6 aliphatic carbocycles. The van der Waals surface area contributed by atoms with Gasteiger partial charge in [0.2, 0.25) is 0 Å². The Kier molecular flexibility index (Phi) is 8.10. The van der Waals surface area contributed by atoms with Crippen molar-refractivity contribution in [2.24, 2.45) is 57.2 Å². The van der Waals surface area contributed by atoms with Gasteiger partial charge in [-0.1, -0.05) is 58.9 Å². The van der Waals surface area contributed by atoms with Crippen LogP contribution in [0.3, 0.4) is 0 Å². The third kappa shape index (κ3) is 4.74. The van der Waals surface area contributed by atoms with Gasteiger partial charge >= 0.3 is 5.97 Å². The van der Waals surface area contributed by atoms with E-state index in [1.54, 1.807) is 5.57 Å². The topological polar surface area (TPSA) is 61.8 Å². The Morgan fingerprint density at radius 2 is 1.81 bits per heavy atom. The molecule has 0 amide bonds. The minimum atomic E-state index is -0.627. The largest absolute Gasteiger partial charge is 0.481 e. The molecular weight excluding hydrogens is 592 g/mol. The Morgan fingerprint density at radius 3 is 2.48 bits per heavy atom. The number of likely N-dealkylation sites (tertiary alicyclic amines) is 1. The maximum Gasteiger partial charge on any atom is 0.306 e. The van der Waals surface area contributed by atoms with Crippen molar-refractivity contribution < 1.29 is 14.6 Å². The predicted molar refractivity (Wildman–Crippen MR) is 194 cm³/mol. The maximum atomic E-state index is 11.7. The lowest BCUT2D eigenvalue weighted by molar-refractivity contribution is -0.221. The lowest BCUT2D eigenvalue weighted by Crippen LogP contribution is -2.68. The molecule has 5 nitrogen and oxygen atoms in total. The van der Waals surface area contributed by atoms with Crippen LogP contribution >= 0.6 is 0 Å². The lowest BCUT2D eigenvalue weighted by Gasteiger charge is -2.72. The van der Waals surface area contributed by atoms with Crippen LogP contribution in [0.1, 0.15) is 125 Å². The molecular formula is C43H66N2O3. The summed E-state index contributed by atoms with van der Waals surface area (Å²) in [6, 6.07) is 0.651. The van der Waals surface area contributed by atoms with Crippen LogP contribution in [-0.2, 0) is 9.53 Å². The third-order valence-electron chi connectivity index (χ3n) is 17.6. The fraction of sp³-hybridized carbons (Fsp3) is 0.837. The molecule has 0 spiro atoms. The Bertz CT molecular complexity index is 1400. The van der Waals surface area contributed by atoms with Crippen molar-refractivity contribution in [3.63, 3.8) is 0 Å². The number of rotatable bonds is 7. The van der Waals surface area contributed by atoms with Gasteiger partial charge in [-0.05, 0) is 153 Å². The molecule has 2 saturated heterocycles. The summed E-state index contributed by atoms with van der Waals surface area (Å²) >= 11 is 0. The standard InChI is InChI=1S/C43H66N2O3/c1-27(2)32-14-19-43(44-22-23-45-25-31-24-30(45)26-48-31)21-20-41(6)34(37(32)43)12-13-36-40(5)17-15-33(28-8-10-29(11-9-28)38(46)47)39(3,4)35(40)16-18-42(36,41)7/h8,15,29-32,34-37,44H,1,9-14,16-26H2,2-7H3,(H,46,47)/t29-,30+,31-,32-,34+,35-,36+,37+,40-,41+,42+,43-/m0/s1. The fourth-order valence-corrected chi connectivity index (χ4v) is 15.1. The highest BCUT2D eigenvalue weighted by Gasteiger charge is 2.70. The lowest BCUT2D eigenvalue weighted by atomic mass is 9.33. The molecule has 0 aromatic carbocycles. The number of ether oxygens (including phenoxy) is 1. The van der Waals surface area contributed by atoms with Gasteiger partial charge in [-0.3, -0.25) is 9.69 Å². The molecule has 4 saturated carbocycles. The number of morpholine rings is 1. The number of carboxylic acids is 1. The van der Waals surface area contributed by atoms with E-state index in [0.717, 1.165) is 44.4 Å². The highest BCUT2D eigenvalue weighted by molar-refractivity contribution is 5.70. The number of hydrogen-bond donors (Lipinski definition) is 2. The molecule has 6 fully saturated rings. The molecule has 0 aromatic rings. The van der Waals surface area contributed by atoms with Crippen LogP contribution in [0, 0.1) is 57.2 Å². The molecule has 5 heteroatoms. The summed E-state index contributed by atoms with van der Waals surface area (Å²) in [5, 5.41) is 14.0. The minimum Gasteiger partial charge on any atom is -0.481 e. The first-order valence-electron chi connectivity index (χ1n) is 20.1. The maximum absolute atomic E-state index is 11.7. The third-order valence-corrected chi connectivity index (χ3v) is 17.6. The van der Waals surface area contributed by atoms with Crippen molar-refractivity contribution in [3.05, 3.63) is 35.5 Å². The Hall–Kier alpha value is -1.43. The summed E-state index contributed by atoms with van der Waals surface area (Å²) in [7, 11) is 0. The van der Waals surface area contributed by atoms with Gasteiger partial charge in [0, 0.05) is 31.2 Å². The zero-order valence-electron chi connectivity index (χ0n) is 31.2. The number of carboxylic acid groups (broad SMARTS) is 1. The minimum absolute atomic E-state index is 0.122. The molecule has 2 aliphatic heterocycles. The first-order chi connectivity index (χ1) is 22.7. The number of nitrogens with zero attached hydrogens (tertiary/aromatic N) is 1. The molecule has 2 bridgehead atoms. The number of nitrogens with one attached hydrogen (secondary N) is 1. The van der Waals surface area contributed by atoms with Crippen LogP contribution < -0.4 is 5.32 Å². The number of allylic oxidation sites excluding steroid dienone is 5. The van der Waals surface area contributed by atoms with Gasteiger partial charge in [0.15, 0.2) is 0 Å². The Labute approximate surface area is 291 Å². The summed E-state index contributed by atoms with van der Waals surface area (Å²) in [5.41, 5.74) is 5.85. The highest BCUT2D eigenvalue weighted by atomic mass is 16.5. The summed E-state index contributed by atoms with van der Waals surface area (Å²) in [5.74, 6) is 2.70.